The van der Waals surface area contributed by atoms with Gasteiger partial charge < -0.3 is 4.74 Å². The van der Waals surface area contributed by atoms with Gasteiger partial charge in [-0.15, -0.1) is 0 Å². The highest BCUT2D eigenvalue weighted by molar-refractivity contribution is 5.88. The van der Waals surface area contributed by atoms with Crippen LogP contribution in [-0.4, -0.2) is 13.1 Å². The SMILES string of the molecule is C=C1CCC2C(C)(C)CCC[C@]2(C)[C@H]1CC=C(CC#N)C(=O)OC. The van der Waals surface area contributed by atoms with Crippen molar-refractivity contribution in [1.29, 1.82) is 5.26 Å². The second-order valence-electron chi connectivity index (χ2n) is 8.44. The fourth-order valence-electron chi connectivity index (χ4n) is 5.41. The second-order valence-corrected chi connectivity index (χ2v) is 8.44. The summed E-state index contributed by atoms with van der Waals surface area (Å²) in [6.07, 6.45) is 8.91. The van der Waals surface area contributed by atoms with E-state index in [9.17, 15) is 4.79 Å². The van der Waals surface area contributed by atoms with Gasteiger partial charge in [-0.25, -0.2) is 4.79 Å². The highest BCUT2D eigenvalue weighted by Gasteiger charge is 2.52. The van der Waals surface area contributed by atoms with Gasteiger partial charge in [0.2, 0.25) is 0 Å². The molecular formula is C21H31NO2. The van der Waals surface area contributed by atoms with Gasteiger partial charge in [0.05, 0.1) is 19.6 Å². The summed E-state index contributed by atoms with van der Waals surface area (Å²) in [6.45, 7) is 11.6. The predicted octanol–water partition coefficient (Wildman–Crippen LogP) is 5.19. The van der Waals surface area contributed by atoms with Crippen molar-refractivity contribution in [1.82, 2.24) is 0 Å². The van der Waals surface area contributed by atoms with Gasteiger partial charge in [-0.05, 0) is 54.8 Å². The minimum absolute atomic E-state index is 0.109. The summed E-state index contributed by atoms with van der Waals surface area (Å²) in [4.78, 5) is 11.9. The number of hydrogen-bond acceptors (Lipinski definition) is 3. The highest BCUT2D eigenvalue weighted by Crippen LogP contribution is 2.61. The number of fused-ring (bicyclic) bond motifs is 1. The van der Waals surface area contributed by atoms with Crippen molar-refractivity contribution < 1.29 is 9.53 Å². The van der Waals surface area contributed by atoms with E-state index in [0.717, 1.165) is 12.8 Å². The van der Waals surface area contributed by atoms with Crippen LogP contribution in [0, 0.1) is 34.0 Å². The maximum Gasteiger partial charge on any atom is 0.334 e. The van der Waals surface area contributed by atoms with Crippen LogP contribution in [0.3, 0.4) is 0 Å². The molecule has 0 N–H and O–H groups in total. The van der Waals surface area contributed by atoms with E-state index in [4.69, 9.17) is 10.00 Å². The van der Waals surface area contributed by atoms with Crippen LogP contribution < -0.4 is 0 Å². The molecule has 132 valence electrons. The maximum absolute atomic E-state index is 11.9. The molecule has 1 unspecified atom stereocenters. The Kier molecular flexibility index (Phi) is 5.58. The maximum atomic E-state index is 11.9. The van der Waals surface area contributed by atoms with Gasteiger partial charge >= 0.3 is 5.97 Å². The first-order chi connectivity index (χ1) is 11.3. The van der Waals surface area contributed by atoms with Gasteiger partial charge in [0.1, 0.15) is 0 Å². The highest BCUT2D eigenvalue weighted by atomic mass is 16.5. The number of rotatable bonds is 4. The summed E-state index contributed by atoms with van der Waals surface area (Å²) in [5, 5.41) is 8.96. The van der Waals surface area contributed by atoms with Gasteiger partial charge in [0.25, 0.3) is 0 Å². The summed E-state index contributed by atoms with van der Waals surface area (Å²) in [5.74, 6) is 0.693. The summed E-state index contributed by atoms with van der Waals surface area (Å²) < 4.78 is 4.82. The smallest absolute Gasteiger partial charge is 0.334 e. The van der Waals surface area contributed by atoms with Crippen molar-refractivity contribution in [3.8, 4) is 6.07 Å². The van der Waals surface area contributed by atoms with Crippen molar-refractivity contribution >= 4 is 5.97 Å². The Morgan fingerprint density at radius 1 is 1.42 bits per heavy atom. The van der Waals surface area contributed by atoms with Crippen LogP contribution >= 0.6 is 0 Å². The molecule has 2 aliphatic carbocycles. The Hall–Kier alpha value is -1.56. The predicted molar refractivity (Wildman–Crippen MR) is 96.0 cm³/mol. The van der Waals surface area contributed by atoms with Crippen LogP contribution in [0.4, 0.5) is 0 Å². The number of ether oxygens (including phenoxy) is 1. The third-order valence-electron chi connectivity index (χ3n) is 6.64. The van der Waals surface area contributed by atoms with Crippen LogP contribution in [0.5, 0.6) is 0 Å². The fraction of sp³-hybridized carbons (Fsp3) is 0.714. The molecule has 0 aromatic carbocycles. The monoisotopic (exact) mass is 329 g/mol. The lowest BCUT2D eigenvalue weighted by atomic mass is 9.47. The largest absolute Gasteiger partial charge is 0.466 e. The van der Waals surface area contributed by atoms with E-state index in [1.54, 1.807) is 0 Å². The lowest BCUT2D eigenvalue weighted by Gasteiger charge is -2.58. The number of nitrogens with zero attached hydrogens (tertiary/aromatic N) is 1. The normalized spacial score (nSPS) is 32.6. The molecule has 0 saturated heterocycles. The number of hydrogen-bond donors (Lipinski definition) is 0. The molecule has 2 fully saturated rings. The third kappa shape index (κ3) is 3.43. The quantitative estimate of drug-likeness (QED) is 0.405. The van der Waals surface area contributed by atoms with E-state index in [-0.39, 0.29) is 17.8 Å². The van der Waals surface area contributed by atoms with Crippen LogP contribution in [0.2, 0.25) is 0 Å². The van der Waals surface area contributed by atoms with Gasteiger partial charge in [0, 0.05) is 5.57 Å². The number of carbonyl (C=O) groups excluding carboxylic acids is 1. The Balaban J connectivity index is 2.28. The Bertz CT molecular complexity index is 581. The first-order valence-electron chi connectivity index (χ1n) is 9.08. The third-order valence-corrected chi connectivity index (χ3v) is 6.64. The second kappa shape index (κ2) is 7.13. The van der Waals surface area contributed by atoms with E-state index < -0.39 is 0 Å². The number of nitriles is 1. The van der Waals surface area contributed by atoms with Gasteiger partial charge in [-0.2, -0.15) is 5.26 Å². The zero-order valence-electron chi connectivity index (χ0n) is 15.7. The number of methoxy groups -OCH3 is 1. The van der Waals surface area contributed by atoms with E-state index in [1.807, 2.05) is 6.08 Å². The van der Waals surface area contributed by atoms with Gasteiger partial charge in [0.15, 0.2) is 0 Å². The number of carbonyl (C=O) groups is 1. The number of allylic oxidation sites excluding steroid dienone is 2. The van der Waals surface area contributed by atoms with E-state index in [0.29, 0.717) is 22.8 Å². The van der Waals surface area contributed by atoms with Crippen molar-refractivity contribution in [2.24, 2.45) is 22.7 Å². The molecule has 3 atom stereocenters. The molecule has 0 aromatic rings. The van der Waals surface area contributed by atoms with E-state index >= 15 is 0 Å². The average molecular weight is 329 g/mol. The summed E-state index contributed by atoms with van der Waals surface area (Å²) in [7, 11) is 1.37. The first kappa shape index (κ1) is 18.8. The molecule has 3 heteroatoms. The summed E-state index contributed by atoms with van der Waals surface area (Å²) >= 11 is 0. The van der Waals surface area contributed by atoms with Crippen molar-refractivity contribution in [2.45, 2.75) is 65.7 Å². The Morgan fingerprint density at radius 2 is 2.12 bits per heavy atom. The molecule has 0 amide bonds. The fourth-order valence-corrected chi connectivity index (χ4v) is 5.41. The Labute approximate surface area is 146 Å². The molecule has 0 radical (unpaired) electrons. The van der Waals surface area contributed by atoms with Gasteiger partial charge in [-0.3, -0.25) is 0 Å². The molecule has 0 aliphatic heterocycles. The molecule has 0 bridgehead atoms. The lowest BCUT2D eigenvalue weighted by Crippen LogP contribution is -2.49. The molecule has 2 saturated carbocycles. The van der Waals surface area contributed by atoms with Crippen molar-refractivity contribution in [3.05, 3.63) is 23.8 Å². The summed E-state index contributed by atoms with van der Waals surface area (Å²) in [5.41, 5.74) is 2.40. The van der Waals surface area contributed by atoms with Crippen molar-refractivity contribution in [3.63, 3.8) is 0 Å². The lowest BCUT2D eigenvalue weighted by molar-refractivity contribution is -0.136. The minimum Gasteiger partial charge on any atom is -0.466 e. The molecule has 0 aromatic heterocycles. The van der Waals surface area contributed by atoms with E-state index in [2.05, 4.69) is 33.4 Å². The van der Waals surface area contributed by atoms with Crippen LogP contribution in [0.25, 0.3) is 0 Å². The minimum atomic E-state index is -0.386. The van der Waals surface area contributed by atoms with E-state index in [1.165, 1.54) is 38.4 Å². The topological polar surface area (TPSA) is 50.1 Å². The summed E-state index contributed by atoms with van der Waals surface area (Å²) in [6, 6.07) is 2.07. The molecule has 0 heterocycles. The zero-order chi connectivity index (χ0) is 18.0. The zero-order valence-corrected chi connectivity index (χ0v) is 15.7. The molecular weight excluding hydrogens is 298 g/mol. The van der Waals surface area contributed by atoms with Crippen LogP contribution in [0.1, 0.15) is 65.7 Å². The van der Waals surface area contributed by atoms with Crippen molar-refractivity contribution in [2.75, 3.05) is 7.11 Å². The molecule has 0 spiro atoms. The molecule has 3 nitrogen and oxygen atoms in total. The Morgan fingerprint density at radius 3 is 2.75 bits per heavy atom. The first-order valence-corrected chi connectivity index (χ1v) is 9.08. The van der Waals surface area contributed by atoms with Crippen LogP contribution in [-0.2, 0) is 9.53 Å². The molecule has 2 rings (SSSR count). The van der Waals surface area contributed by atoms with Crippen LogP contribution in [0.15, 0.2) is 23.8 Å². The van der Waals surface area contributed by atoms with Gasteiger partial charge in [-0.1, -0.05) is 45.4 Å². The molecule has 24 heavy (non-hydrogen) atoms. The average Bonchev–Trinajstić information content (AvgIpc) is 2.51. The standard InChI is InChI=1S/C21H31NO2/c1-15-7-10-18-20(2,3)12-6-13-21(18,4)17(15)9-8-16(11-14-22)19(23)24-5/h8,17-18H,1,6-7,9-13H2,2-5H3/t17-,18?,21+/m0/s1. The molecule has 2 aliphatic rings. The number of esters is 1.